The zero-order valence-corrected chi connectivity index (χ0v) is 11.4. The van der Waals surface area contributed by atoms with Crippen molar-refractivity contribution in [2.24, 2.45) is 0 Å². The molecule has 0 radical (unpaired) electrons. The number of halogens is 2. The lowest BCUT2D eigenvalue weighted by Crippen LogP contribution is -2.03. The maximum absolute atomic E-state index is 13.7. The second-order valence-electron chi connectivity index (χ2n) is 3.82. The number of benzene rings is 1. The van der Waals surface area contributed by atoms with Gasteiger partial charge in [-0.3, -0.25) is 10.1 Å². The molecule has 19 heavy (non-hydrogen) atoms. The smallest absolute Gasteiger partial charge is 0.273 e. The molecule has 8 heteroatoms. The molecule has 0 fully saturated rings. The topological polar surface area (TPSA) is 81.2 Å². The molecule has 0 aliphatic carbocycles. The van der Waals surface area contributed by atoms with E-state index in [1.54, 1.807) is 13.0 Å². The fourth-order valence-corrected chi connectivity index (χ4v) is 2.08. The number of rotatable bonds is 4. The summed E-state index contributed by atoms with van der Waals surface area (Å²) in [7, 11) is 0. The van der Waals surface area contributed by atoms with Crippen molar-refractivity contribution in [3.05, 3.63) is 50.1 Å². The second-order valence-corrected chi connectivity index (χ2v) is 4.68. The summed E-state index contributed by atoms with van der Waals surface area (Å²) in [5.41, 5.74) is 0.445. The molecule has 2 aromatic rings. The number of aromatic nitrogens is 1. The van der Waals surface area contributed by atoms with E-state index in [1.165, 1.54) is 6.07 Å². The second kappa shape index (κ2) is 5.35. The van der Waals surface area contributed by atoms with E-state index in [0.717, 1.165) is 6.07 Å². The monoisotopic (exact) mass is 329 g/mol. The Labute approximate surface area is 115 Å². The summed E-state index contributed by atoms with van der Waals surface area (Å²) < 4.78 is 18.9. The average Bonchev–Trinajstić information content (AvgIpc) is 2.73. The Bertz CT molecular complexity index is 606. The fraction of sp³-hybridized carbons (Fsp3) is 0.182. The first kappa shape index (κ1) is 13.5. The van der Waals surface area contributed by atoms with Crippen LogP contribution >= 0.6 is 15.9 Å². The van der Waals surface area contributed by atoms with Crippen molar-refractivity contribution in [2.75, 3.05) is 5.32 Å². The van der Waals surface area contributed by atoms with Crippen LogP contribution in [0.1, 0.15) is 11.5 Å². The molecule has 1 aromatic heterocycles. The molecule has 100 valence electrons. The van der Waals surface area contributed by atoms with Crippen LogP contribution in [0.5, 0.6) is 0 Å². The number of anilines is 1. The summed E-state index contributed by atoms with van der Waals surface area (Å²) in [5, 5.41) is 17.1. The van der Waals surface area contributed by atoms with Crippen LogP contribution in [0.4, 0.5) is 15.8 Å². The van der Waals surface area contributed by atoms with E-state index in [0.29, 0.717) is 11.5 Å². The van der Waals surface area contributed by atoms with E-state index in [9.17, 15) is 14.5 Å². The van der Waals surface area contributed by atoms with Crippen molar-refractivity contribution in [1.29, 1.82) is 0 Å². The number of nitrogens with one attached hydrogen (secondary N) is 1. The average molecular weight is 330 g/mol. The Morgan fingerprint density at radius 1 is 1.53 bits per heavy atom. The molecule has 2 rings (SSSR count). The van der Waals surface area contributed by atoms with E-state index in [4.69, 9.17) is 4.52 Å². The minimum Gasteiger partial charge on any atom is -0.376 e. The number of nitro groups is 1. The lowest BCUT2D eigenvalue weighted by Gasteiger charge is -2.08. The summed E-state index contributed by atoms with van der Waals surface area (Å²) in [6.07, 6.45) is 0. The molecule has 0 spiro atoms. The van der Waals surface area contributed by atoms with Gasteiger partial charge in [0, 0.05) is 12.1 Å². The van der Waals surface area contributed by atoms with Crippen molar-refractivity contribution in [1.82, 2.24) is 5.16 Å². The Morgan fingerprint density at radius 3 is 2.79 bits per heavy atom. The molecule has 0 atom stereocenters. The first-order valence-electron chi connectivity index (χ1n) is 5.27. The molecule has 6 nitrogen and oxygen atoms in total. The lowest BCUT2D eigenvalue weighted by atomic mass is 10.2. The Morgan fingerprint density at radius 2 is 2.26 bits per heavy atom. The third kappa shape index (κ3) is 3.08. The van der Waals surface area contributed by atoms with Crippen molar-refractivity contribution >= 4 is 27.3 Å². The van der Waals surface area contributed by atoms with Gasteiger partial charge in [0.1, 0.15) is 11.5 Å². The summed E-state index contributed by atoms with van der Waals surface area (Å²) in [4.78, 5) is 9.92. The highest BCUT2D eigenvalue weighted by molar-refractivity contribution is 9.10. The quantitative estimate of drug-likeness (QED) is 0.686. The van der Waals surface area contributed by atoms with E-state index < -0.39 is 10.7 Å². The number of hydrogen-bond donors (Lipinski definition) is 1. The molecular weight excluding hydrogens is 321 g/mol. The van der Waals surface area contributed by atoms with E-state index in [1.807, 2.05) is 0 Å². The number of nitro benzene ring substituents is 1. The van der Waals surface area contributed by atoms with Gasteiger partial charge in [0.2, 0.25) is 0 Å². The molecule has 0 amide bonds. The highest BCUT2D eigenvalue weighted by atomic mass is 79.9. The van der Waals surface area contributed by atoms with Crippen LogP contribution in [-0.2, 0) is 6.54 Å². The van der Waals surface area contributed by atoms with E-state index >= 15 is 0 Å². The summed E-state index contributed by atoms with van der Waals surface area (Å²) >= 11 is 3.09. The summed E-state index contributed by atoms with van der Waals surface area (Å²) in [6, 6.07) is 3.81. The van der Waals surface area contributed by atoms with Crippen LogP contribution in [0.25, 0.3) is 0 Å². The van der Waals surface area contributed by atoms with Crippen LogP contribution in [0, 0.1) is 22.9 Å². The van der Waals surface area contributed by atoms with Crippen LogP contribution in [0.3, 0.4) is 0 Å². The fourth-order valence-electron chi connectivity index (χ4n) is 1.51. The van der Waals surface area contributed by atoms with Gasteiger partial charge in [-0.15, -0.1) is 0 Å². The molecule has 1 aromatic carbocycles. The lowest BCUT2D eigenvalue weighted by molar-refractivity contribution is -0.385. The predicted molar refractivity (Wildman–Crippen MR) is 69.3 cm³/mol. The minimum absolute atomic E-state index is 0.145. The van der Waals surface area contributed by atoms with E-state index in [2.05, 4.69) is 26.4 Å². The minimum atomic E-state index is -0.707. The largest absolute Gasteiger partial charge is 0.376 e. The molecular formula is C11H9BrFN3O3. The van der Waals surface area contributed by atoms with E-state index in [-0.39, 0.29) is 22.4 Å². The van der Waals surface area contributed by atoms with Gasteiger partial charge in [-0.1, -0.05) is 5.16 Å². The maximum Gasteiger partial charge on any atom is 0.273 e. The molecule has 0 bridgehead atoms. The van der Waals surface area contributed by atoms with Gasteiger partial charge in [-0.25, -0.2) is 4.39 Å². The normalized spacial score (nSPS) is 10.5. The molecule has 0 unspecified atom stereocenters. The van der Waals surface area contributed by atoms with Gasteiger partial charge in [0.05, 0.1) is 27.7 Å². The van der Waals surface area contributed by atoms with Gasteiger partial charge in [-0.05, 0) is 22.9 Å². The van der Waals surface area contributed by atoms with Crippen molar-refractivity contribution in [3.8, 4) is 0 Å². The Kier molecular flexibility index (Phi) is 3.79. The van der Waals surface area contributed by atoms with Gasteiger partial charge in [0.25, 0.3) is 5.69 Å². The first-order valence-corrected chi connectivity index (χ1v) is 6.06. The number of hydrogen-bond acceptors (Lipinski definition) is 5. The highest BCUT2D eigenvalue weighted by Gasteiger charge is 2.15. The van der Waals surface area contributed by atoms with Crippen molar-refractivity contribution in [3.63, 3.8) is 0 Å². The highest BCUT2D eigenvalue weighted by Crippen LogP contribution is 2.30. The molecule has 0 aliphatic rings. The summed E-state index contributed by atoms with van der Waals surface area (Å²) in [5.74, 6) is -0.0543. The maximum atomic E-state index is 13.7. The van der Waals surface area contributed by atoms with Crippen LogP contribution < -0.4 is 5.32 Å². The van der Waals surface area contributed by atoms with Crippen molar-refractivity contribution < 1.29 is 13.8 Å². The molecule has 1 N–H and O–H groups in total. The standard InChI is InChI=1S/C11H9BrFN3O3/c1-6-2-7(15-19-6)5-14-11-9(12)3-8(16(17)18)4-10(11)13/h2-4,14H,5H2,1H3. The number of nitrogens with zero attached hydrogens (tertiary/aromatic N) is 2. The van der Waals surface area contributed by atoms with Gasteiger partial charge < -0.3 is 9.84 Å². The number of aryl methyl sites for hydroxylation is 1. The molecule has 0 saturated carbocycles. The zero-order valence-electron chi connectivity index (χ0n) is 9.81. The first-order chi connectivity index (χ1) is 8.97. The molecule has 1 heterocycles. The van der Waals surface area contributed by atoms with Crippen LogP contribution in [0.15, 0.2) is 27.2 Å². The number of non-ortho nitro benzene ring substituents is 1. The van der Waals surface area contributed by atoms with Gasteiger partial charge in [-0.2, -0.15) is 0 Å². The third-order valence-corrected chi connectivity index (χ3v) is 2.99. The SMILES string of the molecule is Cc1cc(CNc2c(F)cc([N+](=O)[O-])cc2Br)no1. The van der Waals surface area contributed by atoms with Crippen LogP contribution in [-0.4, -0.2) is 10.1 Å². The van der Waals surface area contributed by atoms with Gasteiger partial charge >= 0.3 is 0 Å². The third-order valence-electron chi connectivity index (χ3n) is 2.36. The van der Waals surface area contributed by atoms with Gasteiger partial charge in [0.15, 0.2) is 5.82 Å². The molecule has 0 aliphatic heterocycles. The Balaban J connectivity index is 2.18. The summed E-state index contributed by atoms with van der Waals surface area (Å²) in [6.45, 7) is 2.00. The predicted octanol–water partition coefficient (Wildman–Crippen LogP) is 3.40. The van der Waals surface area contributed by atoms with Crippen LogP contribution in [0.2, 0.25) is 0 Å². The van der Waals surface area contributed by atoms with Crippen molar-refractivity contribution in [2.45, 2.75) is 13.5 Å². The Hall–Kier alpha value is -1.96. The zero-order chi connectivity index (χ0) is 14.0. The molecule has 0 saturated heterocycles.